The van der Waals surface area contributed by atoms with Gasteiger partial charge in [0.1, 0.15) is 0 Å². The maximum absolute atomic E-state index is 5.80. The highest BCUT2D eigenvalue weighted by molar-refractivity contribution is 4.92. The lowest BCUT2D eigenvalue weighted by Crippen LogP contribution is -2.37. The van der Waals surface area contributed by atoms with Gasteiger partial charge in [0.25, 0.3) is 0 Å². The molecular formula is C12H23NO. The third-order valence-corrected chi connectivity index (χ3v) is 4.17. The minimum Gasteiger partial charge on any atom is -0.376 e. The van der Waals surface area contributed by atoms with Crippen LogP contribution in [0, 0.1) is 5.41 Å². The standard InChI is InChI=1S/C12H23NO/c13-10-11-12(8-9-14-11)6-4-2-1-3-5-7-12/h11H,1-10,13H2. The van der Waals surface area contributed by atoms with Gasteiger partial charge in [-0.15, -0.1) is 0 Å². The minimum atomic E-state index is 0.362. The summed E-state index contributed by atoms with van der Waals surface area (Å²) in [5.74, 6) is 0. The van der Waals surface area contributed by atoms with Crippen LogP contribution in [0.4, 0.5) is 0 Å². The Morgan fingerprint density at radius 3 is 2.29 bits per heavy atom. The molecule has 1 spiro atoms. The fraction of sp³-hybridized carbons (Fsp3) is 1.00. The summed E-state index contributed by atoms with van der Waals surface area (Å²) in [6, 6.07) is 0. The van der Waals surface area contributed by atoms with Crippen LogP contribution in [0.3, 0.4) is 0 Å². The highest BCUT2D eigenvalue weighted by Crippen LogP contribution is 2.45. The van der Waals surface area contributed by atoms with Gasteiger partial charge >= 0.3 is 0 Å². The molecule has 0 amide bonds. The normalized spacial score (nSPS) is 32.8. The molecule has 2 aliphatic rings. The van der Waals surface area contributed by atoms with E-state index in [-0.39, 0.29) is 0 Å². The van der Waals surface area contributed by atoms with E-state index >= 15 is 0 Å². The molecule has 0 bridgehead atoms. The summed E-state index contributed by atoms with van der Waals surface area (Å²) in [5.41, 5.74) is 6.27. The Morgan fingerprint density at radius 1 is 1.00 bits per heavy atom. The molecule has 2 rings (SSSR count). The SMILES string of the molecule is NCC1OCCC12CCCCCCC2. The van der Waals surface area contributed by atoms with Gasteiger partial charge in [0.05, 0.1) is 6.10 Å². The van der Waals surface area contributed by atoms with Crippen molar-refractivity contribution < 1.29 is 4.74 Å². The molecule has 0 radical (unpaired) electrons. The summed E-state index contributed by atoms with van der Waals surface area (Å²) in [5, 5.41) is 0. The van der Waals surface area contributed by atoms with Crippen LogP contribution in [-0.2, 0) is 4.74 Å². The molecular weight excluding hydrogens is 174 g/mol. The van der Waals surface area contributed by atoms with E-state index in [0.717, 1.165) is 13.2 Å². The van der Waals surface area contributed by atoms with Gasteiger partial charge in [-0.2, -0.15) is 0 Å². The van der Waals surface area contributed by atoms with Crippen LogP contribution in [0.15, 0.2) is 0 Å². The van der Waals surface area contributed by atoms with E-state index in [0.29, 0.717) is 11.5 Å². The van der Waals surface area contributed by atoms with E-state index in [2.05, 4.69) is 0 Å². The molecule has 1 aliphatic carbocycles. The first-order valence-corrected chi connectivity index (χ1v) is 6.19. The first-order valence-electron chi connectivity index (χ1n) is 6.19. The van der Waals surface area contributed by atoms with Gasteiger partial charge in [-0.1, -0.05) is 32.1 Å². The molecule has 2 heteroatoms. The van der Waals surface area contributed by atoms with E-state index in [1.807, 2.05) is 0 Å². The Bertz CT molecular complexity index is 173. The molecule has 0 aromatic heterocycles. The third-order valence-electron chi connectivity index (χ3n) is 4.17. The summed E-state index contributed by atoms with van der Waals surface area (Å²) >= 11 is 0. The summed E-state index contributed by atoms with van der Waals surface area (Å²) in [6.45, 7) is 1.67. The minimum absolute atomic E-state index is 0.362. The number of ether oxygens (including phenoxy) is 1. The topological polar surface area (TPSA) is 35.2 Å². The van der Waals surface area contributed by atoms with E-state index in [1.54, 1.807) is 0 Å². The van der Waals surface area contributed by atoms with Crippen LogP contribution in [0.25, 0.3) is 0 Å². The second-order valence-electron chi connectivity index (χ2n) is 4.98. The van der Waals surface area contributed by atoms with Crippen molar-refractivity contribution in [3.05, 3.63) is 0 Å². The predicted octanol–water partition coefficient (Wildman–Crippen LogP) is 2.46. The molecule has 1 heterocycles. The van der Waals surface area contributed by atoms with Crippen molar-refractivity contribution in [3.63, 3.8) is 0 Å². The lowest BCUT2D eigenvalue weighted by atomic mass is 9.71. The molecule has 0 aromatic rings. The molecule has 14 heavy (non-hydrogen) atoms. The van der Waals surface area contributed by atoms with Gasteiger partial charge in [0.15, 0.2) is 0 Å². The molecule has 1 saturated heterocycles. The zero-order valence-corrected chi connectivity index (χ0v) is 9.13. The third kappa shape index (κ3) is 1.96. The number of rotatable bonds is 1. The lowest BCUT2D eigenvalue weighted by molar-refractivity contribution is 0.0409. The van der Waals surface area contributed by atoms with Crippen molar-refractivity contribution >= 4 is 0 Å². The van der Waals surface area contributed by atoms with Gasteiger partial charge in [-0.05, 0) is 24.7 Å². The van der Waals surface area contributed by atoms with E-state index in [1.165, 1.54) is 51.4 Å². The Morgan fingerprint density at radius 2 is 1.64 bits per heavy atom. The van der Waals surface area contributed by atoms with Crippen LogP contribution in [0.5, 0.6) is 0 Å². The Labute approximate surface area is 87.2 Å². The molecule has 1 saturated carbocycles. The molecule has 2 nitrogen and oxygen atoms in total. The quantitative estimate of drug-likeness (QED) is 0.701. The summed E-state index contributed by atoms with van der Waals surface area (Å²) in [4.78, 5) is 0. The second kappa shape index (κ2) is 4.63. The maximum atomic E-state index is 5.80. The fourth-order valence-electron chi connectivity index (χ4n) is 3.24. The Kier molecular flexibility index (Phi) is 3.45. The van der Waals surface area contributed by atoms with Crippen LogP contribution < -0.4 is 5.73 Å². The van der Waals surface area contributed by atoms with Crippen molar-refractivity contribution in [2.45, 2.75) is 57.5 Å². The lowest BCUT2D eigenvalue weighted by Gasteiger charge is -2.35. The predicted molar refractivity (Wildman–Crippen MR) is 58.2 cm³/mol. The average molecular weight is 197 g/mol. The van der Waals surface area contributed by atoms with E-state index in [9.17, 15) is 0 Å². The number of hydrogen-bond donors (Lipinski definition) is 1. The van der Waals surface area contributed by atoms with Crippen molar-refractivity contribution in [1.82, 2.24) is 0 Å². The second-order valence-corrected chi connectivity index (χ2v) is 4.98. The van der Waals surface area contributed by atoms with Gasteiger partial charge < -0.3 is 10.5 Å². The highest BCUT2D eigenvalue weighted by Gasteiger charge is 2.42. The van der Waals surface area contributed by atoms with E-state index in [4.69, 9.17) is 10.5 Å². The average Bonchev–Trinajstić information content (AvgIpc) is 2.55. The van der Waals surface area contributed by atoms with Crippen molar-refractivity contribution in [3.8, 4) is 0 Å². The maximum Gasteiger partial charge on any atom is 0.0754 e. The number of nitrogens with two attached hydrogens (primary N) is 1. The zero-order valence-electron chi connectivity index (χ0n) is 9.13. The Hall–Kier alpha value is -0.0800. The molecule has 1 aliphatic heterocycles. The van der Waals surface area contributed by atoms with Crippen molar-refractivity contribution in [1.29, 1.82) is 0 Å². The zero-order chi connectivity index (χ0) is 9.86. The van der Waals surface area contributed by atoms with Gasteiger partial charge in [0, 0.05) is 13.2 Å². The molecule has 1 unspecified atom stereocenters. The first kappa shape index (κ1) is 10.4. The molecule has 82 valence electrons. The van der Waals surface area contributed by atoms with E-state index < -0.39 is 0 Å². The summed E-state index contributed by atoms with van der Waals surface area (Å²) in [7, 11) is 0. The highest BCUT2D eigenvalue weighted by atomic mass is 16.5. The van der Waals surface area contributed by atoms with Crippen LogP contribution >= 0.6 is 0 Å². The first-order chi connectivity index (χ1) is 6.87. The molecule has 0 aromatic carbocycles. The molecule has 2 fully saturated rings. The van der Waals surface area contributed by atoms with Crippen LogP contribution in [0.2, 0.25) is 0 Å². The van der Waals surface area contributed by atoms with Crippen LogP contribution in [0.1, 0.15) is 51.4 Å². The van der Waals surface area contributed by atoms with Crippen molar-refractivity contribution in [2.75, 3.05) is 13.2 Å². The molecule has 1 atom stereocenters. The summed E-state index contributed by atoms with van der Waals surface area (Å²) < 4.78 is 5.77. The monoisotopic (exact) mass is 197 g/mol. The van der Waals surface area contributed by atoms with Crippen molar-refractivity contribution in [2.24, 2.45) is 11.1 Å². The largest absolute Gasteiger partial charge is 0.376 e. The number of hydrogen-bond acceptors (Lipinski definition) is 2. The smallest absolute Gasteiger partial charge is 0.0754 e. The summed E-state index contributed by atoms with van der Waals surface area (Å²) in [6.07, 6.45) is 11.4. The van der Waals surface area contributed by atoms with Gasteiger partial charge in [0.2, 0.25) is 0 Å². The van der Waals surface area contributed by atoms with Gasteiger partial charge in [-0.3, -0.25) is 0 Å². The Balaban J connectivity index is 2.02. The molecule has 2 N–H and O–H groups in total. The fourth-order valence-corrected chi connectivity index (χ4v) is 3.24. The van der Waals surface area contributed by atoms with Gasteiger partial charge in [-0.25, -0.2) is 0 Å². The van der Waals surface area contributed by atoms with Crippen LogP contribution in [-0.4, -0.2) is 19.3 Å².